The van der Waals surface area contributed by atoms with E-state index in [-0.39, 0.29) is 23.4 Å². The fourth-order valence-corrected chi connectivity index (χ4v) is 1.32. The molecule has 0 unspecified atom stereocenters. The Morgan fingerprint density at radius 2 is 2.35 bits per heavy atom. The number of rotatable bonds is 4. The average molecular weight is 236 g/mol. The van der Waals surface area contributed by atoms with Crippen molar-refractivity contribution in [3.8, 4) is 0 Å². The number of ether oxygens (including phenoxy) is 1. The number of methoxy groups -OCH3 is 1. The van der Waals surface area contributed by atoms with Gasteiger partial charge < -0.3 is 4.74 Å². The molecule has 0 N–H and O–H groups in total. The average Bonchev–Trinajstić information content (AvgIpc) is 2.34. The number of esters is 1. The maximum Gasteiger partial charge on any atom is 0.338 e. The predicted octanol–water partition coefficient (Wildman–Crippen LogP) is 2.19. The Kier molecular flexibility index (Phi) is 4.02. The molecule has 1 aromatic carbocycles. The monoisotopic (exact) mass is 236 g/mol. The van der Waals surface area contributed by atoms with Gasteiger partial charge in [0.2, 0.25) is 0 Å². The van der Waals surface area contributed by atoms with Gasteiger partial charge in [-0.2, -0.15) is 0 Å². The molecule has 0 radical (unpaired) electrons. The summed E-state index contributed by atoms with van der Waals surface area (Å²) in [6.07, 6.45) is 0. The predicted molar refractivity (Wildman–Crippen MR) is 57.3 cm³/mol. The Balaban J connectivity index is 3.38. The van der Waals surface area contributed by atoms with E-state index >= 15 is 0 Å². The van der Waals surface area contributed by atoms with Gasteiger partial charge in [-0.1, -0.05) is 11.2 Å². The highest BCUT2D eigenvalue weighted by Crippen LogP contribution is 2.23. The number of nitro groups is 1. The Hall–Kier alpha value is -2.60. The standard InChI is InChI=1S/C9H8N4O4/c1-17-9(14)6-3-2-4-8(13(15)16)7(6)5-11-12-10/h2-4H,5H2,1H3. The van der Waals surface area contributed by atoms with Crippen LogP contribution in [-0.4, -0.2) is 18.0 Å². The second-order valence-electron chi connectivity index (χ2n) is 2.94. The maximum atomic E-state index is 11.4. The van der Waals surface area contributed by atoms with E-state index in [1.807, 2.05) is 0 Å². The Bertz CT molecular complexity index is 508. The van der Waals surface area contributed by atoms with Crippen LogP contribution in [0.2, 0.25) is 0 Å². The summed E-state index contributed by atoms with van der Waals surface area (Å²) >= 11 is 0. The van der Waals surface area contributed by atoms with E-state index in [1.165, 1.54) is 25.3 Å². The number of hydrogen-bond donors (Lipinski definition) is 0. The summed E-state index contributed by atoms with van der Waals surface area (Å²) in [6, 6.07) is 3.97. The van der Waals surface area contributed by atoms with Crippen LogP contribution < -0.4 is 0 Å². The number of carbonyl (C=O) groups excluding carboxylic acids is 1. The number of benzene rings is 1. The summed E-state index contributed by atoms with van der Waals surface area (Å²) in [5.74, 6) is -0.711. The van der Waals surface area contributed by atoms with Gasteiger partial charge in [-0.15, -0.1) is 0 Å². The van der Waals surface area contributed by atoms with Gasteiger partial charge in [-0.05, 0) is 11.6 Å². The molecule has 8 nitrogen and oxygen atoms in total. The summed E-state index contributed by atoms with van der Waals surface area (Å²) in [7, 11) is 1.17. The number of carbonyl (C=O) groups is 1. The molecule has 0 spiro atoms. The lowest BCUT2D eigenvalue weighted by Gasteiger charge is -2.05. The molecular weight excluding hydrogens is 228 g/mol. The van der Waals surface area contributed by atoms with Crippen molar-refractivity contribution in [1.29, 1.82) is 0 Å². The van der Waals surface area contributed by atoms with Gasteiger partial charge in [0.25, 0.3) is 5.69 Å². The van der Waals surface area contributed by atoms with Crippen molar-refractivity contribution in [2.45, 2.75) is 6.54 Å². The Morgan fingerprint density at radius 3 is 2.88 bits per heavy atom. The molecule has 1 aromatic rings. The van der Waals surface area contributed by atoms with E-state index in [0.29, 0.717) is 0 Å². The second kappa shape index (κ2) is 5.47. The summed E-state index contributed by atoms with van der Waals surface area (Å²) in [6.45, 7) is -0.280. The zero-order valence-electron chi connectivity index (χ0n) is 8.86. The molecule has 17 heavy (non-hydrogen) atoms. The van der Waals surface area contributed by atoms with Crippen molar-refractivity contribution in [2.75, 3.05) is 7.11 Å². The number of nitro benzene ring substituents is 1. The third-order valence-electron chi connectivity index (χ3n) is 2.05. The van der Waals surface area contributed by atoms with E-state index in [2.05, 4.69) is 14.8 Å². The maximum absolute atomic E-state index is 11.4. The van der Waals surface area contributed by atoms with Crippen LogP contribution in [0, 0.1) is 10.1 Å². The summed E-state index contributed by atoms with van der Waals surface area (Å²) in [5.41, 5.74) is 8.00. The Morgan fingerprint density at radius 1 is 1.65 bits per heavy atom. The minimum atomic E-state index is -0.711. The third-order valence-corrected chi connectivity index (χ3v) is 2.05. The fraction of sp³-hybridized carbons (Fsp3) is 0.222. The first-order valence-electron chi connectivity index (χ1n) is 4.47. The van der Waals surface area contributed by atoms with Gasteiger partial charge in [0.1, 0.15) is 0 Å². The topological polar surface area (TPSA) is 118 Å². The first-order valence-corrected chi connectivity index (χ1v) is 4.47. The Labute approximate surface area is 95.6 Å². The number of hydrogen-bond acceptors (Lipinski definition) is 5. The minimum absolute atomic E-state index is 0.0223. The summed E-state index contributed by atoms with van der Waals surface area (Å²) in [4.78, 5) is 24.0. The molecule has 0 saturated heterocycles. The third kappa shape index (κ3) is 2.70. The van der Waals surface area contributed by atoms with Gasteiger partial charge in [0, 0.05) is 11.0 Å². The van der Waals surface area contributed by atoms with E-state index in [4.69, 9.17) is 5.53 Å². The van der Waals surface area contributed by atoms with Gasteiger partial charge in [-0.25, -0.2) is 4.79 Å². The second-order valence-corrected chi connectivity index (χ2v) is 2.94. The first-order chi connectivity index (χ1) is 8.11. The molecule has 0 saturated carbocycles. The molecule has 1 rings (SSSR count). The quantitative estimate of drug-likeness (QED) is 0.199. The highest BCUT2D eigenvalue weighted by Gasteiger charge is 2.20. The molecule has 0 aliphatic rings. The van der Waals surface area contributed by atoms with Crippen LogP contribution in [0.1, 0.15) is 15.9 Å². The molecule has 0 aliphatic carbocycles. The largest absolute Gasteiger partial charge is 0.465 e. The van der Waals surface area contributed by atoms with E-state index in [0.717, 1.165) is 0 Å². The number of azide groups is 1. The molecule has 8 heteroatoms. The van der Waals surface area contributed by atoms with Gasteiger partial charge in [0.05, 0.1) is 29.7 Å². The summed E-state index contributed by atoms with van der Waals surface area (Å²) in [5, 5.41) is 14.0. The molecule has 0 aliphatic heterocycles. The van der Waals surface area contributed by atoms with E-state index < -0.39 is 10.9 Å². The van der Waals surface area contributed by atoms with Crippen LogP contribution >= 0.6 is 0 Å². The van der Waals surface area contributed by atoms with Gasteiger partial charge >= 0.3 is 5.97 Å². The minimum Gasteiger partial charge on any atom is -0.465 e. The van der Waals surface area contributed by atoms with E-state index in [9.17, 15) is 14.9 Å². The van der Waals surface area contributed by atoms with Crippen molar-refractivity contribution in [2.24, 2.45) is 5.11 Å². The summed E-state index contributed by atoms with van der Waals surface area (Å²) < 4.78 is 4.50. The molecule has 0 amide bonds. The fourth-order valence-electron chi connectivity index (χ4n) is 1.32. The van der Waals surface area contributed by atoms with Crippen LogP contribution in [0.3, 0.4) is 0 Å². The number of nitrogens with zero attached hydrogens (tertiary/aromatic N) is 4. The van der Waals surface area contributed by atoms with E-state index in [1.54, 1.807) is 0 Å². The lowest BCUT2D eigenvalue weighted by Crippen LogP contribution is -2.07. The van der Waals surface area contributed by atoms with Crippen molar-refractivity contribution in [3.63, 3.8) is 0 Å². The highest BCUT2D eigenvalue weighted by molar-refractivity contribution is 5.92. The molecular formula is C9H8N4O4. The lowest BCUT2D eigenvalue weighted by atomic mass is 10.1. The molecule has 0 atom stereocenters. The van der Waals surface area contributed by atoms with Crippen molar-refractivity contribution < 1.29 is 14.5 Å². The van der Waals surface area contributed by atoms with Crippen molar-refractivity contribution in [3.05, 3.63) is 49.9 Å². The van der Waals surface area contributed by atoms with Crippen LogP contribution in [0.5, 0.6) is 0 Å². The van der Waals surface area contributed by atoms with Crippen molar-refractivity contribution in [1.82, 2.24) is 0 Å². The molecule has 0 heterocycles. The molecule has 0 fully saturated rings. The van der Waals surface area contributed by atoms with Crippen LogP contribution in [0.25, 0.3) is 10.4 Å². The SMILES string of the molecule is COC(=O)c1cccc([N+](=O)[O-])c1CN=[N+]=[N-]. The van der Waals surface area contributed by atoms with Gasteiger partial charge in [-0.3, -0.25) is 10.1 Å². The zero-order valence-corrected chi connectivity index (χ0v) is 8.86. The van der Waals surface area contributed by atoms with Crippen LogP contribution in [0.15, 0.2) is 23.3 Å². The van der Waals surface area contributed by atoms with Crippen LogP contribution in [-0.2, 0) is 11.3 Å². The van der Waals surface area contributed by atoms with Gasteiger partial charge in [0.15, 0.2) is 0 Å². The smallest absolute Gasteiger partial charge is 0.338 e. The molecule has 0 bridgehead atoms. The normalized spacial score (nSPS) is 9.24. The highest BCUT2D eigenvalue weighted by atomic mass is 16.6. The molecule has 0 aromatic heterocycles. The lowest BCUT2D eigenvalue weighted by molar-refractivity contribution is -0.385. The first kappa shape index (κ1) is 12.5. The zero-order chi connectivity index (χ0) is 12.8. The van der Waals surface area contributed by atoms with Crippen molar-refractivity contribution >= 4 is 11.7 Å². The van der Waals surface area contributed by atoms with Crippen LogP contribution in [0.4, 0.5) is 5.69 Å². The molecule has 88 valence electrons.